The fourth-order valence-electron chi connectivity index (χ4n) is 3.12. The highest BCUT2D eigenvalue weighted by atomic mass is 32.2. The predicted molar refractivity (Wildman–Crippen MR) is 82.2 cm³/mol. The second kappa shape index (κ2) is 6.98. The number of nitrogens with one attached hydrogen (secondary N) is 1. The normalized spacial score (nSPS) is 31.7. The Morgan fingerprint density at radius 2 is 2.26 bits per heavy atom. The van der Waals surface area contributed by atoms with E-state index in [1.54, 1.807) is 0 Å². The van der Waals surface area contributed by atoms with Gasteiger partial charge in [-0.05, 0) is 42.6 Å². The Morgan fingerprint density at radius 3 is 2.84 bits per heavy atom. The van der Waals surface area contributed by atoms with Crippen molar-refractivity contribution in [1.29, 1.82) is 0 Å². The molecule has 1 amide bonds. The number of nitrogens with zero attached hydrogens (tertiary/aromatic N) is 1. The molecule has 110 valence electrons. The van der Waals surface area contributed by atoms with Crippen LogP contribution < -0.4 is 5.32 Å². The molecule has 2 fully saturated rings. The number of carbonyl (C=O) groups excluding carboxylic acids is 1. The predicted octanol–water partition coefficient (Wildman–Crippen LogP) is 2.71. The number of rotatable bonds is 6. The smallest absolute Gasteiger partial charge is 0.241 e. The minimum absolute atomic E-state index is 0.0607. The summed E-state index contributed by atoms with van der Waals surface area (Å²) < 4.78 is 0. The highest BCUT2D eigenvalue weighted by Crippen LogP contribution is 2.27. The summed E-state index contributed by atoms with van der Waals surface area (Å²) in [6.07, 6.45) is 4.75. The van der Waals surface area contributed by atoms with Crippen LogP contribution in [-0.2, 0) is 4.79 Å². The van der Waals surface area contributed by atoms with E-state index in [0.29, 0.717) is 17.7 Å². The monoisotopic (exact) mass is 284 g/mol. The van der Waals surface area contributed by atoms with Crippen LogP contribution in [0.3, 0.4) is 0 Å². The lowest BCUT2D eigenvalue weighted by Gasteiger charge is -2.26. The van der Waals surface area contributed by atoms with Gasteiger partial charge in [0.15, 0.2) is 0 Å². The molecule has 3 atom stereocenters. The average Bonchev–Trinajstić information content (AvgIpc) is 2.94. The lowest BCUT2D eigenvalue weighted by molar-refractivity contribution is -0.130. The van der Waals surface area contributed by atoms with Gasteiger partial charge < -0.3 is 4.90 Å². The summed E-state index contributed by atoms with van der Waals surface area (Å²) >= 11 is 2.03. The molecule has 2 aliphatic rings. The molecular weight excluding hydrogens is 256 g/mol. The molecule has 2 saturated heterocycles. The van der Waals surface area contributed by atoms with Crippen molar-refractivity contribution in [3.8, 4) is 0 Å². The Hall–Kier alpha value is -0.220. The molecule has 0 aromatic carbocycles. The number of amides is 1. The van der Waals surface area contributed by atoms with Gasteiger partial charge in [-0.3, -0.25) is 10.1 Å². The van der Waals surface area contributed by atoms with Gasteiger partial charge >= 0.3 is 0 Å². The van der Waals surface area contributed by atoms with E-state index < -0.39 is 0 Å². The fraction of sp³-hybridized carbons (Fsp3) is 0.933. The van der Waals surface area contributed by atoms with Gasteiger partial charge in [0, 0.05) is 6.54 Å². The summed E-state index contributed by atoms with van der Waals surface area (Å²) in [4.78, 5) is 14.7. The van der Waals surface area contributed by atoms with Gasteiger partial charge in [0.1, 0.15) is 0 Å². The van der Waals surface area contributed by atoms with Gasteiger partial charge in [-0.1, -0.05) is 27.2 Å². The number of hydrogen-bond donors (Lipinski definition) is 1. The molecule has 3 unspecified atom stereocenters. The van der Waals surface area contributed by atoms with Gasteiger partial charge in [0.2, 0.25) is 5.91 Å². The molecule has 0 aliphatic carbocycles. The van der Waals surface area contributed by atoms with Crippen LogP contribution in [0.4, 0.5) is 0 Å². The van der Waals surface area contributed by atoms with Crippen LogP contribution in [0, 0.1) is 11.8 Å². The highest BCUT2D eigenvalue weighted by molar-refractivity contribution is 7.99. The van der Waals surface area contributed by atoms with Crippen molar-refractivity contribution in [2.75, 3.05) is 18.1 Å². The van der Waals surface area contributed by atoms with Crippen LogP contribution in [0.15, 0.2) is 0 Å². The Labute approximate surface area is 121 Å². The van der Waals surface area contributed by atoms with Gasteiger partial charge in [-0.15, -0.1) is 0 Å². The largest absolute Gasteiger partial charge is 0.325 e. The van der Waals surface area contributed by atoms with Crippen LogP contribution >= 0.6 is 11.8 Å². The summed E-state index contributed by atoms with van der Waals surface area (Å²) in [5, 5.41) is 3.57. The maximum absolute atomic E-state index is 12.6. The molecule has 0 radical (unpaired) electrons. The molecule has 2 aliphatic heterocycles. The minimum Gasteiger partial charge on any atom is -0.325 e. The van der Waals surface area contributed by atoms with Crippen molar-refractivity contribution in [1.82, 2.24) is 10.2 Å². The zero-order valence-corrected chi connectivity index (χ0v) is 13.3. The Bertz CT molecular complexity index is 303. The summed E-state index contributed by atoms with van der Waals surface area (Å²) in [5.74, 6) is 4.15. The van der Waals surface area contributed by atoms with E-state index in [1.165, 1.54) is 17.9 Å². The molecule has 3 nitrogen and oxygen atoms in total. The SMILES string of the molecule is CCCC1NC(CC(C)C)C(=O)N1CC1CCSC1. The number of hydrogen-bond acceptors (Lipinski definition) is 3. The molecule has 1 N–H and O–H groups in total. The maximum atomic E-state index is 12.6. The summed E-state index contributed by atoms with van der Waals surface area (Å²) in [6.45, 7) is 7.56. The zero-order valence-electron chi connectivity index (χ0n) is 12.5. The molecule has 2 heterocycles. The first-order valence-corrected chi connectivity index (χ1v) is 8.91. The van der Waals surface area contributed by atoms with Gasteiger partial charge in [-0.2, -0.15) is 11.8 Å². The lowest BCUT2D eigenvalue weighted by atomic mass is 10.0. The molecule has 0 aromatic heterocycles. The number of thioether (sulfide) groups is 1. The van der Waals surface area contributed by atoms with Crippen molar-refractivity contribution in [3.63, 3.8) is 0 Å². The Balaban J connectivity index is 1.97. The van der Waals surface area contributed by atoms with Crippen molar-refractivity contribution >= 4 is 17.7 Å². The van der Waals surface area contributed by atoms with E-state index in [0.717, 1.165) is 25.8 Å². The lowest BCUT2D eigenvalue weighted by Crippen LogP contribution is -2.40. The van der Waals surface area contributed by atoms with Gasteiger partial charge in [0.25, 0.3) is 0 Å². The second-order valence-electron chi connectivity index (χ2n) is 6.37. The third kappa shape index (κ3) is 3.88. The van der Waals surface area contributed by atoms with E-state index in [2.05, 4.69) is 31.0 Å². The zero-order chi connectivity index (χ0) is 13.8. The summed E-state index contributed by atoms with van der Waals surface area (Å²) in [7, 11) is 0. The summed E-state index contributed by atoms with van der Waals surface area (Å²) in [5.41, 5.74) is 0. The third-order valence-corrected chi connectivity index (χ3v) is 5.33. The highest BCUT2D eigenvalue weighted by Gasteiger charge is 2.39. The molecule has 4 heteroatoms. The van der Waals surface area contributed by atoms with Gasteiger partial charge in [0.05, 0.1) is 12.2 Å². The molecule has 0 spiro atoms. The quantitative estimate of drug-likeness (QED) is 0.814. The Kier molecular flexibility index (Phi) is 5.58. The van der Waals surface area contributed by atoms with E-state index >= 15 is 0 Å². The first-order valence-electron chi connectivity index (χ1n) is 7.76. The molecule has 0 aromatic rings. The first-order chi connectivity index (χ1) is 9.11. The van der Waals surface area contributed by atoms with E-state index in [4.69, 9.17) is 0 Å². The van der Waals surface area contributed by atoms with Crippen molar-refractivity contribution in [2.24, 2.45) is 11.8 Å². The Morgan fingerprint density at radius 1 is 1.47 bits per heavy atom. The van der Waals surface area contributed by atoms with Crippen LogP contribution in [0.2, 0.25) is 0 Å². The topological polar surface area (TPSA) is 32.3 Å². The molecule has 2 rings (SSSR count). The first kappa shape index (κ1) is 15.2. The van der Waals surface area contributed by atoms with Crippen LogP contribution in [-0.4, -0.2) is 41.1 Å². The minimum atomic E-state index is 0.0607. The molecular formula is C15H28N2OS. The maximum Gasteiger partial charge on any atom is 0.241 e. The fourth-order valence-corrected chi connectivity index (χ4v) is 4.39. The van der Waals surface area contributed by atoms with E-state index in [1.807, 2.05) is 11.8 Å². The number of carbonyl (C=O) groups is 1. The standard InChI is InChI=1S/C15H28N2OS/c1-4-5-14-16-13(8-11(2)3)15(18)17(14)9-12-6-7-19-10-12/h11-14,16H,4-10H2,1-3H3. The van der Waals surface area contributed by atoms with Crippen molar-refractivity contribution in [2.45, 2.75) is 58.7 Å². The van der Waals surface area contributed by atoms with Crippen molar-refractivity contribution in [3.05, 3.63) is 0 Å². The molecule has 0 bridgehead atoms. The van der Waals surface area contributed by atoms with Crippen LogP contribution in [0.25, 0.3) is 0 Å². The van der Waals surface area contributed by atoms with Gasteiger partial charge in [-0.25, -0.2) is 0 Å². The summed E-state index contributed by atoms with van der Waals surface area (Å²) in [6, 6.07) is 0.0607. The van der Waals surface area contributed by atoms with Crippen molar-refractivity contribution < 1.29 is 4.79 Å². The van der Waals surface area contributed by atoms with E-state index in [-0.39, 0.29) is 12.2 Å². The molecule has 19 heavy (non-hydrogen) atoms. The van der Waals surface area contributed by atoms with E-state index in [9.17, 15) is 4.79 Å². The second-order valence-corrected chi connectivity index (χ2v) is 7.52. The average molecular weight is 284 g/mol. The van der Waals surface area contributed by atoms with Crippen LogP contribution in [0.5, 0.6) is 0 Å². The third-order valence-electron chi connectivity index (χ3n) is 4.10. The van der Waals surface area contributed by atoms with Crippen LogP contribution in [0.1, 0.15) is 46.5 Å². The molecule has 0 saturated carbocycles.